The molecule has 0 bridgehead atoms. The maximum Gasteiger partial charge on any atom is 0.305 e. The first-order valence-corrected chi connectivity index (χ1v) is 5.59. The highest BCUT2D eigenvalue weighted by Gasteiger charge is 2.08. The van der Waals surface area contributed by atoms with Crippen LogP contribution in [-0.4, -0.2) is 29.6 Å². The normalized spacial score (nSPS) is 18.1. The summed E-state index contributed by atoms with van der Waals surface area (Å²) in [6.45, 7) is 0.474. The van der Waals surface area contributed by atoms with Crippen molar-refractivity contribution in [2.45, 2.75) is 12.8 Å². The van der Waals surface area contributed by atoms with Crippen molar-refractivity contribution in [3.05, 3.63) is 34.0 Å². The molecule has 1 N–H and O–H groups in total. The van der Waals surface area contributed by atoms with Crippen LogP contribution in [0.1, 0.15) is 12.8 Å². The van der Waals surface area contributed by atoms with E-state index in [1.807, 2.05) is 24.2 Å². The van der Waals surface area contributed by atoms with E-state index >= 15 is 0 Å². The highest BCUT2D eigenvalue weighted by Crippen LogP contribution is 2.28. The van der Waals surface area contributed by atoms with Gasteiger partial charge in [0.1, 0.15) is 0 Å². The quantitative estimate of drug-likeness (QED) is 0.846. The van der Waals surface area contributed by atoms with Gasteiger partial charge in [0, 0.05) is 31.2 Å². The minimum Gasteiger partial charge on any atom is -0.481 e. The molecule has 16 heavy (non-hydrogen) atoms. The van der Waals surface area contributed by atoms with Gasteiger partial charge in [-0.2, -0.15) is 0 Å². The number of hydrogen-bond acceptors (Lipinski definition) is 2. The van der Waals surface area contributed by atoms with Gasteiger partial charge in [0.2, 0.25) is 0 Å². The third-order valence-electron chi connectivity index (χ3n) is 2.13. The fourth-order valence-corrected chi connectivity index (χ4v) is 1.65. The molecule has 0 aromatic heterocycles. The minimum atomic E-state index is -0.801. The zero-order valence-corrected chi connectivity index (χ0v) is 10.4. The Labute approximate surface area is 105 Å². The van der Waals surface area contributed by atoms with Crippen molar-refractivity contribution >= 4 is 29.2 Å². The molecule has 0 aromatic rings. The van der Waals surface area contributed by atoms with E-state index in [0.717, 1.165) is 5.57 Å². The number of nitrogens with zero attached hydrogens (tertiary/aromatic N) is 1. The Kier molecular flexibility index (Phi) is 4.90. The number of carboxylic acid groups (broad SMARTS) is 1. The molecule has 0 fully saturated rings. The molecule has 0 aromatic carbocycles. The number of halogens is 2. The van der Waals surface area contributed by atoms with Crippen LogP contribution in [0.5, 0.6) is 0 Å². The predicted molar refractivity (Wildman–Crippen MR) is 65.5 cm³/mol. The van der Waals surface area contributed by atoms with Gasteiger partial charge in [0.25, 0.3) is 0 Å². The molecule has 0 atom stereocenters. The maximum absolute atomic E-state index is 10.4. The van der Waals surface area contributed by atoms with Crippen molar-refractivity contribution in [3.63, 3.8) is 0 Å². The van der Waals surface area contributed by atoms with Gasteiger partial charge in [-0.15, -0.1) is 0 Å². The molecule has 5 heteroatoms. The molecule has 0 radical (unpaired) electrons. The summed E-state index contributed by atoms with van der Waals surface area (Å²) in [5.41, 5.74) is 1.02. The molecule has 1 aliphatic carbocycles. The SMILES string of the molecule is CN(/C=C1/C=CC(Cl)=C(Cl)C1)CCC(=O)O. The van der Waals surface area contributed by atoms with Crippen LogP contribution >= 0.6 is 23.2 Å². The lowest BCUT2D eigenvalue weighted by atomic mass is 10.1. The standard InChI is InChI=1S/C11H13Cl2NO2/c1-14(5-4-11(15)16)7-8-2-3-9(12)10(13)6-8/h2-3,7H,4-6H2,1H3,(H,15,16)/b8-7-. The fourth-order valence-electron chi connectivity index (χ4n) is 1.30. The molecule has 0 heterocycles. The first kappa shape index (κ1) is 13.1. The summed E-state index contributed by atoms with van der Waals surface area (Å²) >= 11 is 11.7. The second-order valence-electron chi connectivity index (χ2n) is 3.59. The largest absolute Gasteiger partial charge is 0.481 e. The number of carbonyl (C=O) groups is 1. The highest BCUT2D eigenvalue weighted by molar-refractivity contribution is 6.40. The van der Waals surface area contributed by atoms with Gasteiger partial charge in [0.15, 0.2) is 0 Å². The van der Waals surface area contributed by atoms with E-state index in [9.17, 15) is 4.79 Å². The molecule has 1 rings (SSSR count). The molecule has 0 saturated heterocycles. The average Bonchev–Trinajstić information content (AvgIpc) is 2.21. The summed E-state index contributed by atoms with van der Waals surface area (Å²) in [6, 6.07) is 0. The van der Waals surface area contributed by atoms with Crippen LogP contribution in [0.4, 0.5) is 0 Å². The van der Waals surface area contributed by atoms with E-state index in [2.05, 4.69) is 0 Å². The number of aliphatic carboxylic acids is 1. The Morgan fingerprint density at radius 2 is 2.25 bits per heavy atom. The topological polar surface area (TPSA) is 40.5 Å². The minimum absolute atomic E-state index is 0.119. The van der Waals surface area contributed by atoms with Gasteiger partial charge in [-0.25, -0.2) is 0 Å². The molecule has 0 spiro atoms. The maximum atomic E-state index is 10.4. The zero-order valence-electron chi connectivity index (χ0n) is 8.91. The van der Waals surface area contributed by atoms with Crippen molar-refractivity contribution in [2.75, 3.05) is 13.6 Å². The summed E-state index contributed by atoms with van der Waals surface area (Å²) in [4.78, 5) is 12.2. The van der Waals surface area contributed by atoms with Crippen molar-refractivity contribution < 1.29 is 9.90 Å². The van der Waals surface area contributed by atoms with Crippen LogP contribution in [0.2, 0.25) is 0 Å². The highest BCUT2D eigenvalue weighted by atomic mass is 35.5. The Morgan fingerprint density at radius 1 is 1.56 bits per heavy atom. The van der Waals surface area contributed by atoms with Crippen molar-refractivity contribution in [3.8, 4) is 0 Å². The predicted octanol–water partition coefficient (Wildman–Crippen LogP) is 2.93. The first-order chi connectivity index (χ1) is 7.49. The fraction of sp³-hybridized carbons (Fsp3) is 0.364. The van der Waals surface area contributed by atoms with Crippen LogP contribution in [0.25, 0.3) is 0 Å². The van der Waals surface area contributed by atoms with Crippen LogP contribution in [0, 0.1) is 0 Å². The third-order valence-corrected chi connectivity index (χ3v) is 2.91. The van der Waals surface area contributed by atoms with Crippen LogP contribution in [0.3, 0.4) is 0 Å². The van der Waals surface area contributed by atoms with E-state index in [0.29, 0.717) is 23.0 Å². The van der Waals surface area contributed by atoms with Crippen LogP contribution in [0.15, 0.2) is 34.0 Å². The van der Waals surface area contributed by atoms with E-state index < -0.39 is 5.97 Å². The number of hydrogen-bond donors (Lipinski definition) is 1. The monoisotopic (exact) mass is 261 g/mol. The second kappa shape index (κ2) is 5.97. The molecular weight excluding hydrogens is 249 g/mol. The van der Waals surface area contributed by atoms with E-state index in [1.54, 1.807) is 6.08 Å². The summed E-state index contributed by atoms with van der Waals surface area (Å²) in [5, 5.41) is 9.71. The average molecular weight is 262 g/mol. The summed E-state index contributed by atoms with van der Waals surface area (Å²) in [5.74, 6) is -0.801. The van der Waals surface area contributed by atoms with Gasteiger partial charge >= 0.3 is 5.97 Å². The molecular formula is C11H13Cl2NO2. The summed E-state index contributed by atoms with van der Waals surface area (Å²) in [7, 11) is 1.83. The lowest BCUT2D eigenvalue weighted by Gasteiger charge is -2.16. The lowest BCUT2D eigenvalue weighted by molar-refractivity contribution is -0.137. The summed E-state index contributed by atoms with van der Waals surface area (Å²) < 4.78 is 0. The van der Waals surface area contributed by atoms with Crippen molar-refractivity contribution in [1.82, 2.24) is 4.90 Å². The van der Waals surface area contributed by atoms with Crippen LogP contribution < -0.4 is 0 Å². The molecule has 0 saturated carbocycles. The number of carboxylic acids is 1. The molecule has 3 nitrogen and oxygen atoms in total. The van der Waals surface area contributed by atoms with Crippen molar-refractivity contribution in [2.24, 2.45) is 0 Å². The Bertz CT molecular complexity index is 372. The number of allylic oxidation sites excluding steroid dienone is 5. The van der Waals surface area contributed by atoms with E-state index in [1.165, 1.54) is 0 Å². The van der Waals surface area contributed by atoms with E-state index in [4.69, 9.17) is 28.3 Å². The van der Waals surface area contributed by atoms with Gasteiger partial charge in [0.05, 0.1) is 11.5 Å². The smallest absolute Gasteiger partial charge is 0.305 e. The first-order valence-electron chi connectivity index (χ1n) is 4.84. The van der Waals surface area contributed by atoms with Crippen molar-refractivity contribution in [1.29, 1.82) is 0 Å². The zero-order chi connectivity index (χ0) is 12.1. The molecule has 88 valence electrons. The molecule has 0 amide bonds. The van der Waals surface area contributed by atoms with Crippen LogP contribution in [-0.2, 0) is 4.79 Å². The third kappa shape index (κ3) is 4.29. The molecule has 1 aliphatic rings. The Morgan fingerprint density at radius 3 is 2.81 bits per heavy atom. The van der Waals surface area contributed by atoms with E-state index in [-0.39, 0.29) is 6.42 Å². The second-order valence-corrected chi connectivity index (χ2v) is 4.45. The summed E-state index contributed by atoms with van der Waals surface area (Å²) in [6.07, 6.45) is 6.21. The Balaban J connectivity index is 2.53. The molecule has 0 unspecified atom stereocenters. The van der Waals surface area contributed by atoms with Gasteiger partial charge in [-0.1, -0.05) is 29.3 Å². The lowest BCUT2D eigenvalue weighted by Crippen LogP contribution is -2.16. The Hall–Kier alpha value is -0.930. The van der Waals surface area contributed by atoms with Gasteiger partial charge in [-0.3, -0.25) is 4.79 Å². The number of rotatable bonds is 4. The molecule has 0 aliphatic heterocycles. The van der Waals surface area contributed by atoms with Gasteiger partial charge in [-0.05, 0) is 11.6 Å². The van der Waals surface area contributed by atoms with Gasteiger partial charge < -0.3 is 10.0 Å².